The van der Waals surface area contributed by atoms with Crippen molar-refractivity contribution in [3.8, 4) is 23.3 Å². The fraction of sp³-hybridized carbons (Fsp3) is 0.222. The number of hydrogen-bond acceptors (Lipinski definition) is 5. The molecule has 0 unspecified atom stereocenters. The highest BCUT2D eigenvalue weighted by atomic mass is 16.6. The fourth-order valence-corrected chi connectivity index (χ4v) is 3.42. The molecule has 0 atom stereocenters. The van der Waals surface area contributed by atoms with Crippen molar-refractivity contribution >= 4 is 11.4 Å². The summed E-state index contributed by atoms with van der Waals surface area (Å²) in [5.41, 5.74) is 9.19. The van der Waals surface area contributed by atoms with Crippen molar-refractivity contribution in [1.29, 1.82) is 10.5 Å². The van der Waals surface area contributed by atoms with Gasteiger partial charge in [-0.1, -0.05) is 12.1 Å². The number of anilines is 1. The summed E-state index contributed by atoms with van der Waals surface area (Å²) in [5.74, 6) is 0. The molecule has 0 radical (unpaired) electrons. The second-order valence-electron chi connectivity index (χ2n) is 5.70. The van der Waals surface area contributed by atoms with Gasteiger partial charge < -0.3 is 5.73 Å². The van der Waals surface area contributed by atoms with Gasteiger partial charge in [0, 0.05) is 11.6 Å². The van der Waals surface area contributed by atoms with Gasteiger partial charge in [-0.15, -0.1) is 0 Å². The van der Waals surface area contributed by atoms with E-state index in [-0.39, 0.29) is 16.9 Å². The van der Waals surface area contributed by atoms with E-state index in [1.807, 2.05) is 0 Å². The SMILES string of the molecule is N#Cc1c(N)c(C#N)c(-c2ccccc2[N+](=O)[O-])c2c1CCCC2. The van der Waals surface area contributed by atoms with Gasteiger partial charge >= 0.3 is 0 Å². The Hall–Kier alpha value is -3.38. The number of nitro groups is 1. The summed E-state index contributed by atoms with van der Waals surface area (Å²) in [6.45, 7) is 0. The molecular formula is C18H14N4O2. The number of para-hydroxylation sites is 1. The highest BCUT2D eigenvalue weighted by Gasteiger charge is 2.28. The lowest BCUT2D eigenvalue weighted by Gasteiger charge is -2.23. The second kappa shape index (κ2) is 6.02. The van der Waals surface area contributed by atoms with E-state index in [1.165, 1.54) is 6.07 Å². The average Bonchev–Trinajstić information content (AvgIpc) is 2.60. The molecule has 0 amide bonds. The minimum Gasteiger partial charge on any atom is -0.397 e. The Balaban J connectivity index is 2.46. The Morgan fingerprint density at radius 1 is 1.04 bits per heavy atom. The molecule has 118 valence electrons. The highest BCUT2D eigenvalue weighted by molar-refractivity contribution is 5.88. The number of nitrogens with zero attached hydrogens (tertiary/aromatic N) is 3. The summed E-state index contributed by atoms with van der Waals surface area (Å²) in [4.78, 5) is 11.0. The molecule has 0 aliphatic heterocycles. The van der Waals surface area contributed by atoms with Gasteiger partial charge in [-0.3, -0.25) is 10.1 Å². The van der Waals surface area contributed by atoms with Gasteiger partial charge in [-0.25, -0.2) is 0 Å². The summed E-state index contributed by atoms with van der Waals surface area (Å²) < 4.78 is 0. The third-order valence-corrected chi connectivity index (χ3v) is 4.45. The fourth-order valence-electron chi connectivity index (χ4n) is 3.42. The minimum absolute atomic E-state index is 0.0640. The Labute approximate surface area is 138 Å². The number of nitrogens with two attached hydrogens (primary N) is 1. The van der Waals surface area contributed by atoms with Crippen LogP contribution in [0.1, 0.15) is 35.1 Å². The minimum atomic E-state index is -0.458. The van der Waals surface area contributed by atoms with Gasteiger partial charge in [0.25, 0.3) is 5.69 Å². The molecule has 1 aliphatic rings. The Morgan fingerprint density at radius 3 is 2.29 bits per heavy atom. The van der Waals surface area contributed by atoms with Crippen LogP contribution in [-0.2, 0) is 12.8 Å². The smallest absolute Gasteiger partial charge is 0.277 e. The summed E-state index contributed by atoms with van der Waals surface area (Å²) in [5, 5.41) is 30.5. The van der Waals surface area contributed by atoms with Crippen LogP contribution in [0.25, 0.3) is 11.1 Å². The molecule has 0 heterocycles. The summed E-state index contributed by atoms with van der Waals surface area (Å²) in [7, 11) is 0. The lowest BCUT2D eigenvalue weighted by molar-refractivity contribution is -0.384. The molecule has 6 heteroatoms. The first kappa shape index (κ1) is 15.5. The quantitative estimate of drug-likeness (QED) is 0.517. The van der Waals surface area contributed by atoms with Crippen LogP contribution in [-0.4, -0.2) is 4.92 Å². The standard InChI is InChI=1S/C18H14N4O2/c19-9-14-11-5-1-2-6-12(11)17(15(10-20)18(14)21)13-7-3-4-8-16(13)22(23)24/h3-4,7-8H,1-2,5-6,21H2. The largest absolute Gasteiger partial charge is 0.397 e. The van der Waals surface area contributed by atoms with E-state index in [0.29, 0.717) is 29.5 Å². The first-order chi connectivity index (χ1) is 11.6. The Morgan fingerprint density at radius 2 is 1.67 bits per heavy atom. The van der Waals surface area contributed by atoms with Crippen molar-refractivity contribution < 1.29 is 4.92 Å². The molecule has 0 saturated carbocycles. The molecular weight excluding hydrogens is 304 g/mol. The van der Waals surface area contributed by atoms with E-state index >= 15 is 0 Å². The summed E-state index contributed by atoms with van der Waals surface area (Å²) >= 11 is 0. The van der Waals surface area contributed by atoms with Gasteiger partial charge in [-0.2, -0.15) is 10.5 Å². The lowest BCUT2D eigenvalue weighted by atomic mass is 9.79. The molecule has 3 rings (SSSR count). The number of nitriles is 2. The molecule has 1 aliphatic carbocycles. The van der Waals surface area contributed by atoms with Crippen molar-refractivity contribution in [3.05, 3.63) is 56.6 Å². The van der Waals surface area contributed by atoms with Crippen LogP contribution >= 0.6 is 0 Å². The molecule has 2 N–H and O–H groups in total. The summed E-state index contributed by atoms with van der Waals surface area (Å²) in [6, 6.07) is 10.5. The molecule has 0 aromatic heterocycles. The van der Waals surface area contributed by atoms with E-state index < -0.39 is 4.92 Å². The Bertz CT molecular complexity index is 936. The van der Waals surface area contributed by atoms with Crippen molar-refractivity contribution in [2.75, 3.05) is 5.73 Å². The zero-order chi connectivity index (χ0) is 17.3. The Kier molecular flexibility index (Phi) is 3.89. The zero-order valence-corrected chi connectivity index (χ0v) is 12.9. The molecule has 2 aromatic rings. The van der Waals surface area contributed by atoms with E-state index in [0.717, 1.165) is 24.0 Å². The maximum Gasteiger partial charge on any atom is 0.277 e. The van der Waals surface area contributed by atoms with Crippen molar-refractivity contribution in [2.24, 2.45) is 0 Å². The highest BCUT2D eigenvalue weighted by Crippen LogP contribution is 2.42. The summed E-state index contributed by atoms with van der Waals surface area (Å²) in [6.07, 6.45) is 3.23. The number of nitro benzene ring substituents is 1. The number of rotatable bonds is 2. The third kappa shape index (κ3) is 2.26. The average molecular weight is 318 g/mol. The van der Waals surface area contributed by atoms with Crippen LogP contribution < -0.4 is 5.73 Å². The molecule has 2 aromatic carbocycles. The van der Waals surface area contributed by atoms with E-state index in [2.05, 4.69) is 12.1 Å². The van der Waals surface area contributed by atoms with Crippen LogP contribution in [0.5, 0.6) is 0 Å². The third-order valence-electron chi connectivity index (χ3n) is 4.45. The number of nitrogen functional groups attached to an aromatic ring is 1. The topological polar surface area (TPSA) is 117 Å². The molecule has 0 saturated heterocycles. The normalized spacial score (nSPS) is 12.8. The van der Waals surface area contributed by atoms with Crippen molar-refractivity contribution in [1.82, 2.24) is 0 Å². The zero-order valence-electron chi connectivity index (χ0n) is 12.9. The first-order valence-corrected chi connectivity index (χ1v) is 7.61. The molecule has 0 spiro atoms. The first-order valence-electron chi connectivity index (χ1n) is 7.61. The predicted molar refractivity (Wildman–Crippen MR) is 89.0 cm³/mol. The van der Waals surface area contributed by atoms with Gasteiger partial charge in [0.15, 0.2) is 0 Å². The van der Waals surface area contributed by atoms with Crippen LogP contribution in [0.2, 0.25) is 0 Å². The van der Waals surface area contributed by atoms with Crippen LogP contribution in [0.15, 0.2) is 24.3 Å². The predicted octanol–water partition coefficient (Wildman–Crippen LogP) is 3.47. The van der Waals surface area contributed by atoms with Gasteiger partial charge in [0.05, 0.1) is 27.3 Å². The van der Waals surface area contributed by atoms with Crippen molar-refractivity contribution in [3.63, 3.8) is 0 Å². The number of benzene rings is 2. The van der Waals surface area contributed by atoms with Gasteiger partial charge in [0.1, 0.15) is 12.1 Å². The second-order valence-corrected chi connectivity index (χ2v) is 5.70. The van der Waals surface area contributed by atoms with Crippen molar-refractivity contribution in [2.45, 2.75) is 25.7 Å². The van der Waals surface area contributed by atoms with E-state index in [1.54, 1.807) is 18.2 Å². The van der Waals surface area contributed by atoms with Crippen LogP contribution in [0.3, 0.4) is 0 Å². The monoisotopic (exact) mass is 318 g/mol. The van der Waals surface area contributed by atoms with E-state index in [9.17, 15) is 20.6 Å². The molecule has 0 fully saturated rings. The molecule has 0 bridgehead atoms. The van der Waals surface area contributed by atoms with Crippen LogP contribution in [0.4, 0.5) is 11.4 Å². The maximum absolute atomic E-state index is 11.4. The maximum atomic E-state index is 11.4. The molecule has 24 heavy (non-hydrogen) atoms. The molecule has 6 nitrogen and oxygen atoms in total. The van der Waals surface area contributed by atoms with E-state index in [4.69, 9.17) is 5.73 Å². The number of hydrogen-bond donors (Lipinski definition) is 1. The van der Waals surface area contributed by atoms with Gasteiger partial charge in [0.2, 0.25) is 0 Å². The lowest BCUT2D eigenvalue weighted by Crippen LogP contribution is -2.12. The number of fused-ring (bicyclic) bond motifs is 1. The van der Waals surface area contributed by atoms with Crippen LogP contribution in [0, 0.1) is 32.8 Å². The van der Waals surface area contributed by atoms with Gasteiger partial charge in [-0.05, 0) is 42.9 Å².